The van der Waals surface area contributed by atoms with E-state index in [1.807, 2.05) is 35.3 Å². The van der Waals surface area contributed by atoms with Gasteiger partial charge in [0.15, 0.2) is 0 Å². The molecule has 2 amide bonds. The predicted octanol–water partition coefficient (Wildman–Crippen LogP) is 1.35. The maximum absolute atomic E-state index is 12.7. The zero-order chi connectivity index (χ0) is 19.7. The molecule has 4 unspecified atom stereocenters. The van der Waals surface area contributed by atoms with Crippen molar-refractivity contribution in [2.24, 2.45) is 11.8 Å². The molecule has 0 spiro atoms. The monoisotopic (exact) mass is 400 g/mol. The van der Waals surface area contributed by atoms with Crippen LogP contribution in [0.5, 0.6) is 0 Å². The smallest absolute Gasteiger partial charge is 0.239 e. The number of hydrogen-bond acceptors (Lipinski definition) is 5. The van der Waals surface area contributed by atoms with Crippen molar-refractivity contribution >= 4 is 29.1 Å². The van der Waals surface area contributed by atoms with E-state index in [9.17, 15) is 14.7 Å². The van der Waals surface area contributed by atoms with Crippen LogP contribution >= 0.6 is 11.6 Å². The molecule has 7 nitrogen and oxygen atoms in total. The molecule has 2 aliphatic rings. The van der Waals surface area contributed by atoms with Crippen molar-refractivity contribution in [1.82, 2.24) is 15.8 Å². The number of aliphatic hydroxyl groups excluding tert-OH is 1. The van der Waals surface area contributed by atoms with Crippen LogP contribution in [-0.2, 0) is 16.1 Å². The zero-order valence-corrected chi connectivity index (χ0v) is 15.8. The topological polar surface area (TPSA) is 93.7 Å². The summed E-state index contributed by atoms with van der Waals surface area (Å²) >= 11 is 5.93. The van der Waals surface area contributed by atoms with Crippen molar-refractivity contribution in [3.05, 3.63) is 65.2 Å². The van der Waals surface area contributed by atoms with E-state index in [-0.39, 0.29) is 12.1 Å². The lowest BCUT2D eigenvalue weighted by molar-refractivity contribution is -0.146. The van der Waals surface area contributed by atoms with Crippen molar-refractivity contribution in [3.63, 3.8) is 0 Å². The van der Waals surface area contributed by atoms with Crippen LogP contribution in [0.3, 0.4) is 0 Å². The first-order chi connectivity index (χ1) is 13.5. The number of benzene rings is 2. The van der Waals surface area contributed by atoms with Crippen LogP contribution in [0.1, 0.15) is 5.56 Å². The van der Waals surface area contributed by atoms with Gasteiger partial charge >= 0.3 is 0 Å². The van der Waals surface area contributed by atoms with Crippen molar-refractivity contribution in [2.45, 2.75) is 18.8 Å². The molecule has 2 aliphatic heterocycles. The van der Waals surface area contributed by atoms with Gasteiger partial charge in [0, 0.05) is 29.7 Å². The van der Waals surface area contributed by atoms with Crippen LogP contribution in [0.4, 0.5) is 5.69 Å². The number of halogens is 1. The summed E-state index contributed by atoms with van der Waals surface area (Å²) in [7, 11) is 0. The average molecular weight is 401 g/mol. The van der Waals surface area contributed by atoms with Crippen LogP contribution in [0.15, 0.2) is 54.6 Å². The minimum Gasteiger partial charge on any atom is -0.391 e. The second-order valence-electron chi connectivity index (χ2n) is 7.06. The molecule has 0 bridgehead atoms. The first-order valence-electron chi connectivity index (χ1n) is 9.12. The maximum Gasteiger partial charge on any atom is 0.239 e. The van der Waals surface area contributed by atoms with E-state index in [1.54, 1.807) is 24.3 Å². The third-order valence-electron chi connectivity index (χ3n) is 5.19. The van der Waals surface area contributed by atoms with E-state index >= 15 is 0 Å². The molecular weight excluding hydrogens is 380 g/mol. The van der Waals surface area contributed by atoms with Crippen molar-refractivity contribution in [1.29, 1.82) is 0 Å². The van der Waals surface area contributed by atoms with Gasteiger partial charge in [0.2, 0.25) is 11.8 Å². The van der Waals surface area contributed by atoms with E-state index in [4.69, 9.17) is 11.6 Å². The van der Waals surface area contributed by atoms with Crippen molar-refractivity contribution < 1.29 is 14.7 Å². The summed E-state index contributed by atoms with van der Waals surface area (Å²) in [6.07, 6.45) is -1.47. The number of anilines is 1. The highest BCUT2D eigenvalue weighted by Gasteiger charge is 2.51. The fourth-order valence-electron chi connectivity index (χ4n) is 3.79. The molecule has 2 aromatic rings. The Bertz CT molecular complexity index is 879. The molecule has 0 radical (unpaired) electrons. The first-order valence-corrected chi connectivity index (χ1v) is 9.49. The lowest BCUT2D eigenvalue weighted by atomic mass is 9.84. The van der Waals surface area contributed by atoms with Gasteiger partial charge in [0.25, 0.3) is 0 Å². The summed E-state index contributed by atoms with van der Waals surface area (Å²) in [4.78, 5) is 25.3. The van der Waals surface area contributed by atoms with Crippen LogP contribution in [0.2, 0.25) is 5.02 Å². The number of amides is 2. The number of carbonyl (C=O) groups is 2. The molecule has 28 heavy (non-hydrogen) atoms. The van der Waals surface area contributed by atoms with Gasteiger partial charge in [-0.05, 0) is 23.8 Å². The summed E-state index contributed by atoms with van der Waals surface area (Å²) in [5, 5.41) is 18.7. The minimum absolute atomic E-state index is 0.295. The summed E-state index contributed by atoms with van der Waals surface area (Å²) in [6, 6.07) is 16.5. The van der Waals surface area contributed by atoms with Gasteiger partial charge in [0.05, 0.1) is 6.10 Å². The van der Waals surface area contributed by atoms with Gasteiger partial charge in [-0.25, -0.2) is 5.01 Å². The van der Waals surface area contributed by atoms with Crippen LogP contribution in [-0.4, -0.2) is 40.7 Å². The van der Waals surface area contributed by atoms with Crippen molar-refractivity contribution in [2.75, 3.05) is 11.9 Å². The number of fused-ring (bicyclic) bond motifs is 1. The average Bonchev–Trinajstić information content (AvgIpc) is 3.05. The Morgan fingerprint density at radius 3 is 2.75 bits per heavy atom. The van der Waals surface area contributed by atoms with Gasteiger partial charge in [0.1, 0.15) is 12.1 Å². The maximum atomic E-state index is 12.7. The molecule has 2 aromatic carbocycles. The molecule has 0 aliphatic carbocycles. The van der Waals surface area contributed by atoms with Gasteiger partial charge in [-0.1, -0.05) is 48.0 Å². The zero-order valence-electron chi connectivity index (χ0n) is 15.0. The van der Waals surface area contributed by atoms with Gasteiger partial charge in [-0.3, -0.25) is 15.0 Å². The van der Waals surface area contributed by atoms with Gasteiger partial charge < -0.3 is 15.7 Å². The van der Waals surface area contributed by atoms with Crippen molar-refractivity contribution in [3.8, 4) is 0 Å². The molecule has 4 rings (SSSR count). The molecule has 0 aromatic heterocycles. The molecule has 8 heteroatoms. The Kier molecular flexibility index (Phi) is 5.32. The molecular formula is C20H21ClN4O3. The summed E-state index contributed by atoms with van der Waals surface area (Å²) in [6.45, 7) is 1.05. The Hall–Kier alpha value is -2.45. The van der Waals surface area contributed by atoms with Gasteiger partial charge in [-0.15, -0.1) is 0 Å². The fourth-order valence-corrected chi connectivity index (χ4v) is 3.98. The summed E-state index contributed by atoms with van der Waals surface area (Å²) in [5.74, 6) is -2.52. The Morgan fingerprint density at radius 1 is 1.21 bits per heavy atom. The highest BCUT2D eigenvalue weighted by molar-refractivity contribution is 6.30. The third-order valence-corrected chi connectivity index (χ3v) is 5.43. The second-order valence-corrected chi connectivity index (χ2v) is 7.50. The molecule has 4 atom stereocenters. The van der Waals surface area contributed by atoms with Crippen LogP contribution in [0, 0.1) is 11.8 Å². The number of hydrazine groups is 1. The lowest BCUT2D eigenvalue weighted by Gasteiger charge is -2.38. The predicted molar refractivity (Wildman–Crippen MR) is 105 cm³/mol. The van der Waals surface area contributed by atoms with Crippen LogP contribution in [0.25, 0.3) is 0 Å². The second kappa shape index (κ2) is 7.89. The largest absolute Gasteiger partial charge is 0.391 e. The Morgan fingerprint density at radius 2 is 2.00 bits per heavy atom. The van der Waals surface area contributed by atoms with Crippen LogP contribution < -0.4 is 16.1 Å². The molecule has 2 saturated heterocycles. The van der Waals surface area contributed by atoms with E-state index < -0.39 is 23.8 Å². The summed E-state index contributed by atoms with van der Waals surface area (Å²) in [5.41, 5.74) is 4.79. The number of nitrogens with zero attached hydrogens (tertiary/aromatic N) is 1. The van der Waals surface area contributed by atoms with E-state index in [0.717, 1.165) is 5.56 Å². The first kappa shape index (κ1) is 18.9. The van der Waals surface area contributed by atoms with Gasteiger partial charge in [-0.2, -0.15) is 0 Å². The molecule has 146 valence electrons. The molecule has 0 saturated carbocycles. The molecule has 2 fully saturated rings. The SMILES string of the molecule is O=C(Nc1cccc(Cl)c1)C1C(=O)NC2C(CNN2Cc2ccccc2)C1O. The lowest BCUT2D eigenvalue weighted by Crippen LogP contribution is -2.62. The third kappa shape index (κ3) is 3.74. The number of carbonyl (C=O) groups excluding carboxylic acids is 2. The number of piperidine rings is 1. The Labute approximate surface area is 167 Å². The number of rotatable bonds is 4. The number of nitrogens with one attached hydrogen (secondary N) is 3. The molecule has 4 N–H and O–H groups in total. The highest BCUT2D eigenvalue weighted by atomic mass is 35.5. The quantitative estimate of drug-likeness (QED) is 0.581. The normalized spacial score (nSPS) is 27.1. The highest BCUT2D eigenvalue weighted by Crippen LogP contribution is 2.29. The number of hydrogen-bond donors (Lipinski definition) is 4. The number of aliphatic hydroxyl groups is 1. The van der Waals surface area contributed by atoms with E-state index in [2.05, 4.69) is 16.1 Å². The van der Waals surface area contributed by atoms with E-state index in [0.29, 0.717) is 23.8 Å². The standard InChI is InChI=1S/C20H21ClN4O3/c21-13-7-4-8-14(9-13)23-19(27)16-17(26)15-10-22-25(18(15)24-20(16)28)11-12-5-2-1-3-6-12/h1-9,15-18,22,26H,10-11H2,(H,23,27)(H,24,28). The molecule has 2 heterocycles. The fraction of sp³-hybridized carbons (Fsp3) is 0.300. The minimum atomic E-state index is -1.18. The Balaban J connectivity index is 1.46. The summed E-state index contributed by atoms with van der Waals surface area (Å²) < 4.78 is 0. The van der Waals surface area contributed by atoms with E-state index in [1.165, 1.54) is 0 Å².